The van der Waals surface area contributed by atoms with Gasteiger partial charge in [0.2, 0.25) is 0 Å². The Balaban J connectivity index is 2.65. The van der Waals surface area contributed by atoms with Crippen LogP contribution in [0.15, 0.2) is 12.1 Å². The van der Waals surface area contributed by atoms with Gasteiger partial charge in [0.15, 0.2) is 5.15 Å². The van der Waals surface area contributed by atoms with Crippen molar-refractivity contribution in [2.24, 2.45) is 0 Å². The van der Waals surface area contributed by atoms with Crippen LogP contribution in [0.5, 0.6) is 0 Å². The first-order valence-electron chi connectivity index (χ1n) is 4.62. The Hall–Kier alpha value is -1.36. The third kappa shape index (κ3) is 3.71. The van der Waals surface area contributed by atoms with Crippen molar-refractivity contribution in [3.05, 3.63) is 17.3 Å². The lowest BCUT2D eigenvalue weighted by Gasteiger charge is -2.13. The Morgan fingerprint density at radius 2 is 2.33 bits per heavy atom. The Labute approximate surface area is 92.5 Å². The quantitative estimate of drug-likeness (QED) is 0.805. The Bertz CT molecular complexity index is 329. The standard InChI is InChI=1S/C9H12ClN3O2/c1-2-3-6(9(14)15)11-8-5-4-7(10)12-13-8/h4-6H,2-3H2,1H3,(H,11,13)(H,14,15). The lowest BCUT2D eigenvalue weighted by atomic mass is 10.2. The first-order chi connectivity index (χ1) is 7.13. The van der Waals surface area contributed by atoms with Crippen molar-refractivity contribution in [1.82, 2.24) is 10.2 Å². The van der Waals surface area contributed by atoms with Gasteiger partial charge in [-0.05, 0) is 18.6 Å². The number of aliphatic carboxylic acids is 1. The molecule has 0 bridgehead atoms. The van der Waals surface area contributed by atoms with Crippen molar-refractivity contribution in [1.29, 1.82) is 0 Å². The number of nitrogens with zero attached hydrogens (tertiary/aromatic N) is 2. The Morgan fingerprint density at radius 3 is 2.80 bits per heavy atom. The second kappa shape index (κ2) is 5.50. The summed E-state index contributed by atoms with van der Waals surface area (Å²) in [6, 6.07) is 2.52. The van der Waals surface area contributed by atoms with Crippen molar-refractivity contribution in [3.63, 3.8) is 0 Å². The fourth-order valence-electron chi connectivity index (χ4n) is 1.12. The van der Waals surface area contributed by atoms with Gasteiger partial charge in [0, 0.05) is 0 Å². The normalized spacial score (nSPS) is 12.1. The largest absolute Gasteiger partial charge is 0.480 e. The molecule has 0 radical (unpaired) electrons. The van der Waals surface area contributed by atoms with Crippen LogP contribution in [0, 0.1) is 0 Å². The van der Waals surface area contributed by atoms with Crippen LogP contribution in [0.3, 0.4) is 0 Å². The smallest absolute Gasteiger partial charge is 0.326 e. The molecule has 1 aromatic rings. The molecular formula is C9H12ClN3O2. The molecule has 0 saturated carbocycles. The number of halogens is 1. The van der Waals surface area contributed by atoms with E-state index in [2.05, 4.69) is 15.5 Å². The second-order valence-corrected chi connectivity index (χ2v) is 3.45. The first-order valence-corrected chi connectivity index (χ1v) is 5.00. The van der Waals surface area contributed by atoms with Gasteiger partial charge >= 0.3 is 5.97 Å². The predicted octanol–water partition coefficient (Wildman–Crippen LogP) is 1.80. The first kappa shape index (κ1) is 11.7. The number of anilines is 1. The molecule has 0 saturated heterocycles. The predicted molar refractivity (Wildman–Crippen MR) is 57.0 cm³/mol. The van der Waals surface area contributed by atoms with E-state index in [-0.39, 0.29) is 5.15 Å². The van der Waals surface area contributed by atoms with Gasteiger partial charge in [-0.25, -0.2) is 4.79 Å². The number of nitrogens with one attached hydrogen (secondary N) is 1. The highest BCUT2D eigenvalue weighted by Gasteiger charge is 2.16. The van der Waals surface area contributed by atoms with E-state index in [0.717, 1.165) is 6.42 Å². The van der Waals surface area contributed by atoms with Gasteiger partial charge in [-0.1, -0.05) is 24.9 Å². The van der Waals surface area contributed by atoms with E-state index in [4.69, 9.17) is 16.7 Å². The van der Waals surface area contributed by atoms with Crippen molar-refractivity contribution >= 4 is 23.4 Å². The molecule has 1 atom stereocenters. The number of rotatable bonds is 5. The van der Waals surface area contributed by atoms with Gasteiger partial charge < -0.3 is 10.4 Å². The highest BCUT2D eigenvalue weighted by Crippen LogP contribution is 2.09. The van der Waals surface area contributed by atoms with Crippen LogP contribution in [-0.2, 0) is 4.79 Å². The summed E-state index contributed by atoms with van der Waals surface area (Å²) in [7, 11) is 0. The van der Waals surface area contributed by atoms with Gasteiger partial charge in [-0.3, -0.25) is 0 Å². The van der Waals surface area contributed by atoms with Crippen LogP contribution < -0.4 is 5.32 Å². The summed E-state index contributed by atoms with van der Waals surface area (Å²) in [6.07, 6.45) is 1.32. The minimum atomic E-state index is -0.895. The molecule has 6 heteroatoms. The zero-order chi connectivity index (χ0) is 11.3. The van der Waals surface area contributed by atoms with Crippen LogP contribution in [0.4, 0.5) is 5.82 Å². The molecule has 0 aliphatic rings. The fourth-order valence-corrected chi connectivity index (χ4v) is 1.22. The molecule has 1 heterocycles. The summed E-state index contributed by atoms with van der Waals surface area (Å²) in [6.45, 7) is 1.92. The topological polar surface area (TPSA) is 75.1 Å². The van der Waals surface area contributed by atoms with Crippen molar-refractivity contribution in [2.45, 2.75) is 25.8 Å². The van der Waals surface area contributed by atoms with Gasteiger partial charge in [0.25, 0.3) is 0 Å². The van der Waals surface area contributed by atoms with Gasteiger partial charge in [-0.2, -0.15) is 0 Å². The molecule has 0 aromatic carbocycles. The molecule has 1 aromatic heterocycles. The third-order valence-corrected chi connectivity index (χ3v) is 2.03. The lowest BCUT2D eigenvalue weighted by Crippen LogP contribution is -2.29. The van der Waals surface area contributed by atoms with Crippen LogP contribution in [0.2, 0.25) is 5.15 Å². The van der Waals surface area contributed by atoms with Gasteiger partial charge in [-0.15, -0.1) is 10.2 Å². The maximum Gasteiger partial charge on any atom is 0.326 e. The fraction of sp³-hybridized carbons (Fsp3) is 0.444. The molecule has 82 valence electrons. The molecule has 0 aliphatic heterocycles. The lowest BCUT2D eigenvalue weighted by molar-refractivity contribution is -0.138. The van der Waals surface area contributed by atoms with Crippen molar-refractivity contribution in [2.75, 3.05) is 5.32 Å². The molecule has 0 fully saturated rings. The number of carbonyl (C=O) groups is 1. The summed E-state index contributed by atoms with van der Waals surface area (Å²) < 4.78 is 0. The number of hydrogen-bond donors (Lipinski definition) is 2. The number of aromatic nitrogens is 2. The molecule has 1 unspecified atom stereocenters. The average Bonchev–Trinajstić information content (AvgIpc) is 2.20. The van der Waals surface area contributed by atoms with E-state index in [0.29, 0.717) is 12.2 Å². The highest BCUT2D eigenvalue weighted by atomic mass is 35.5. The third-order valence-electron chi connectivity index (χ3n) is 1.83. The molecule has 5 nitrogen and oxygen atoms in total. The van der Waals surface area contributed by atoms with E-state index in [1.165, 1.54) is 0 Å². The minimum Gasteiger partial charge on any atom is -0.480 e. The summed E-state index contributed by atoms with van der Waals surface area (Å²) >= 11 is 5.55. The van der Waals surface area contributed by atoms with Crippen molar-refractivity contribution < 1.29 is 9.90 Å². The maximum atomic E-state index is 10.8. The van der Waals surface area contributed by atoms with E-state index in [1.54, 1.807) is 12.1 Å². The number of hydrogen-bond acceptors (Lipinski definition) is 4. The molecule has 0 spiro atoms. The number of carboxylic acid groups (broad SMARTS) is 1. The molecular weight excluding hydrogens is 218 g/mol. The van der Waals surface area contributed by atoms with Crippen LogP contribution in [0.25, 0.3) is 0 Å². The van der Waals surface area contributed by atoms with Gasteiger partial charge in [0.1, 0.15) is 11.9 Å². The van der Waals surface area contributed by atoms with E-state index in [9.17, 15) is 4.79 Å². The van der Waals surface area contributed by atoms with E-state index in [1.807, 2.05) is 6.92 Å². The van der Waals surface area contributed by atoms with E-state index < -0.39 is 12.0 Å². The summed E-state index contributed by atoms with van der Waals surface area (Å²) in [5.41, 5.74) is 0. The summed E-state index contributed by atoms with van der Waals surface area (Å²) in [4.78, 5) is 10.8. The summed E-state index contributed by atoms with van der Waals surface area (Å²) in [5, 5.41) is 19.3. The minimum absolute atomic E-state index is 0.280. The van der Waals surface area contributed by atoms with Crippen LogP contribution >= 0.6 is 11.6 Å². The van der Waals surface area contributed by atoms with Crippen LogP contribution in [-0.4, -0.2) is 27.3 Å². The molecule has 0 amide bonds. The monoisotopic (exact) mass is 229 g/mol. The molecule has 1 rings (SSSR count). The molecule has 2 N–H and O–H groups in total. The molecule has 15 heavy (non-hydrogen) atoms. The SMILES string of the molecule is CCCC(Nc1ccc(Cl)nn1)C(=O)O. The Kier molecular flexibility index (Phi) is 4.30. The second-order valence-electron chi connectivity index (χ2n) is 3.07. The zero-order valence-electron chi connectivity index (χ0n) is 8.27. The van der Waals surface area contributed by atoms with E-state index >= 15 is 0 Å². The zero-order valence-corrected chi connectivity index (χ0v) is 9.03. The van der Waals surface area contributed by atoms with Crippen molar-refractivity contribution in [3.8, 4) is 0 Å². The molecule has 0 aliphatic carbocycles. The van der Waals surface area contributed by atoms with Crippen LogP contribution in [0.1, 0.15) is 19.8 Å². The number of carboxylic acids is 1. The summed E-state index contributed by atoms with van der Waals surface area (Å²) in [5.74, 6) is -0.478. The highest BCUT2D eigenvalue weighted by molar-refractivity contribution is 6.29. The average molecular weight is 230 g/mol. The Morgan fingerprint density at radius 1 is 1.60 bits per heavy atom. The maximum absolute atomic E-state index is 10.8. The van der Waals surface area contributed by atoms with Gasteiger partial charge in [0.05, 0.1) is 0 Å².